The normalized spacial score (nSPS) is 11.0. The van der Waals surface area contributed by atoms with E-state index >= 15 is 0 Å². The molecule has 2 rings (SSSR count). The van der Waals surface area contributed by atoms with Crippen molar-refractivity contribution in [3.63, 3.8) is 0 Å². The number of hydrazine groups is 1. The van der Waals surface area contributed by atoms with Crippen molar-refractivity contribution in [1.29, 1.82) is 0 Å². The number of hydrogen-bond acceptors (Lipinski definition) is 4. The van der Waals surface area contributed by atoms with E-state index in [0.29, 0.717) is 18.8 Å². The predicted octanol–water partition coefficient (Wildman–Crippen LogP) is 3.13. The smallest absolute Gasteiger partial charge is 0.301 e. The van der Waals surface area contributed by atoms with Gasteiger partial charge in [0.2, 0.25) is 0 Å². The number of amides is 1. The molecule has 0 atom stereocenters. The number of benzene rings is 1. The molecule has 0 radical (unpaired) electrons. The second-order valence-corrected chi connectivity index (χ2v) is 4.99. The van der Waals surface area contributed by atoms with Gasteiger partial charge in [0.15, 0.2) is 5.76 Å². The van der Waals surface area contributed by atoms with E-state index in [1.807, 2.05) is 24.3 Å². The predicted molar refractivity (Wildman–Crippen MR) is 81.7 cm³/mol. The first-order valence-electron chi connectivity index (χ1n) is 7.37. The van der Waals surface area contributed by atoms with Crippen molar-refractivity contribution in [3.05, 3.63) is 35.6 Å². The maximum atomic E-state index is 11.8. The van der Waals surface area contributed by atoms with Crippen molar-refractivity contribution in [2.75, 3.05) is 6.61 Å². The fraction of sp³-hybridized carbons (Fsp3) is 0.438. The summed E-state index contributed by atoms with van der Waals surface area (Å²) < 4.78 is 11.3. The van der Waals surface area contributed by atoms with Gasteiger partial charge in [0, 0.05) is 17.6 Å². The third kappa shape index (κ3) is 3.83. The zero-order valence-corrected chi connectivity index (χ0v) is 12.4. The quantitative estimate of drug-likeness (QED) is 0.339. The lowest BCUT2D eigenvalue weighted by atomic mass is 10.1. The van der Waals surface area contributed by atoms with E-state index in [9.17, 15) is 4.79 Å². The standard InChI is InChI=1S/C16H22N2O3/c1-2-3-4-7-10-20-11-13-12-8-5-6-9-14(12)21-15(13)16(19)18-17/h5-6,8-9H,2-4,7,10-11,17H2,1H3,(H,18,19). The highest BCUT2D eigenvalue weighted by Crippen LogP contribution is 2.26. The second-order valence-electron chi connectivity index (χ2n) is 4.99. The summed E-state index contributed by atoms with van der Waals surface area (Å²) in [4.78, 5) is 11.8. The van der Waals surface area contributed by atoms with Crippen molar-refractivity contribution in [2.45, 2.75) is 39.2 Å². The lowest BCUT2D eigenvalue weighted by molar-refractivity contribution is 0.0908. The molecule has 3 N–H and O–H groups in total. The number of furan rings is 1. The third-order valence-electron chi connectivity index (χ3n) is 3.42. The fourth-order valence-electron chi connectivity index (χ4n) is 2.30. The number of para-hydroxylation sites is 1. The van der Waals surface area contributed by atoms with E-state index < -0.39 is 5.91 Å². The van der Waals surface area contributed by atoms with Crippen LogP contribution in [0.15, 0.2) is 28.7 Å². The first kappa shape index (κ1) is 15.5. The molecule has 0 bridgehead atoms. The molecule has 2 aromatic rings. The molecule has 21 heavy (non-hydrogen) atoms. The number of nitrogen functional groups attached to an aromatic ring is 1. The Bertz CT molecular complexity index is 592. The minimum absolute atomic E-state index is 0.229. The SMILES string of the molecule is CCCCCCOCc1c(C(=O)NN)oc2ccccc12. The van der Waals surface area contributed by atoms with Crippen LogP contribution in [0.2, 0.25) is 0 Å². The average molecular weight is 290 g/mol. The van der Waals surface area contributed by atoms with Gasteiger partial charge >= 0.3 is 5.91 Å². The molecular weight excluding hydrogens is 268 g/mol. The Hall–Kier alpha value is -1.85. The molecule has 5 nitrogen and oxygen atoms in total. The highest BCUT2D eigenvalue weighted by atomic mass is 16.5. The van der Waals surface area contributed by atoms with Crippen molar-refractivity contribution >= 4 is 16.9 Å². The molecule has 1 heterocycles. The van der Waals surface area contributed by atoms with Crippen LogP contribution in [0.4, 0.5) is 0 Å². The number of ether oxygens (including phenoxy) is 1. The van der Waals surface area contributed by atoms with Gasteiger partial charge in [-0.15, -0.1) is 0 Å². The molecule has 0 unspecified atom stereocenters. The van der Waals surface area contributed by atoms with Crippen LogP contribution in [0.1, 0.15) is 48.7 Å². The summed E-state index contributed by atoms with van der Waals surface area (Å²) in [5.41, 5.74) is 3.53. The van der Waals surface area contributed by atoms with E-state index in [4.69, 9.17) is 15.0 Å². The lowest BCUT2D eigenvalue weighted by Gasteiger charge is -2.05. The molecule has 1 aromatic carbocycles. The van der Waals surface area contributed by atoms with Crippen LogP contribution in [0.25, 0.3) is 11.0 Å². The Morgan fingerprint density at radius 3 is 2.86 bits per heavy atom. The average Bonchev–Trinajstić information content (AvgIpc) is 2.89. The van der Waals surface area contributed by atoms with Crippen molar-refractivity contribution in [1.82, 2.24) is 5.43 Å². The number of nitrogens with one attached hydrogen (secondary N) is 1. The molecule has 0 aliphatic carbocycles. The number of unbranched alkanes of at least 4 members (excludes halogenated alkanes) is 3. The van der Waals surface area contributed by atoms with E-state index in [0.717, 1.165) is 17.4 Å². The Balaban J connectivity index is 2.07. The van der Waals surface area contributed by atoms with E-state index in [2.05, 4.69) is 12.3 Å². The van der Waals surface area contributed by atoms with Crippen LogP contribution in [0.3, 0.4) is 0 Å². The van der Waals surface area contributed by atoms with Gasteiger partial charge in [-0.1, -0.05) is 44.4 Å². The zero-order chi connectivity index (χ0) is 15.1. The van der Waals surface area contributed by atoms with Crippen LogP contribution in [0, 0.1) is 0 Å². The Kier molecular flexibility index (Phi) is 5.78. The van der Waals surface area contributed by atoms with Gasteiger partial charge in [0.05, 0.1) is 6.61 Å². The molecular formula is C16H22N2O3. The largest absolute Gasteiger partial charge is 0.450 e. The maximum absolute atomic E-state index is 11.8. The first-order chi connectivity index (χ1) is 10.3. The van der Waals surface area contributed by atoms with Gasteiger partial charge in [0.25, 0.3) is 0 Å². The number of carbonyl (C=O) groups excluding carboxylic acids is 1. The van der Waals surface area contributed by atoms with Crippen LogP contribution < -0.4 is 11.3 Å². The zero-order valence-electron chi connectivity index (χ0n) is 12.4. The van der Waals surface area contributed by atoms with Crippen molar-refractivity contribution in [2.24, 2.45) is 5.84 Å². The molecule has 0 fully saturated rings. The third-order valence-corrected chi connectivity index (χ3v) is 3.42. The first-order valence-corrected chi connectivity index (χ1v) is 7.37. The summed E-state index contributed by atoms with van der Waals surface area (Å²) in [7, 11) is 0. The van der Waals surface area contributed by atoms with E-state index in [1.54, 1.807) is 0 Å². The maximum Gasteiger partial charge on any atom is 0.301 e. The van der Waals surface area contributed by atoms with E-state index in [1.165, 1.54) is 19.3 Å². The highest BCUT2D eigenvalue weighted by Gasteiger charge is 2.19. The second kappa shape index (κ2) is 7.81. The summed E-state index contributed by atoms with van der Waals surface area (Å²) in [6.07, 6.45) is 4.62. The number of hydrogen-bond donors (Lipinski definition) is 2. The van der Waals surface area contributed by atoms with Crippen LogP contribution in [-0.4, -0.2) is 12.5 Å². The van der Waals surface area contributed by atoms with Crippen molar-refractivity contribution in [3.8, 4) is 0 Å². The summed E-state index contributed by atoms with van der Waals surface area (Å²) in [5.74, 6) is 5.00. The molecule has 5 heteroatoms. The summed E-state index contributed by atoms with van der Waals surface area (Å²) in [5, 5.41) is 0.893. The van der Waals surface area contributed by atoms with Crippen LogP contribution in [0.5, 0.6) is 0 Å². The van der Waals surface area contributed by atoms with Gasteiger partial charge in [0.1, 0.15) is 5.58 Å². The van der Waals surface area contributed by atoms with Gasteiger partial charge in [-0.05, 0) is 12.5 Å². The Morgan fingerprint density at radius 2 is 2.10 bits per heavy atom. The number of rotatable bonds is 8. The molecule has 114 valence electrons. The van der Waals surface area contributed by atoms with Gasteiger partial charge in [-0.3, -0.25) is 10.2 Å². The Labute approximate surface area is 124 Å². The van der Waals surface area contributed by atoms with E-state index in [-0.39, 0.29) is 5.76 Å². The highest BCUT2D eigenvalue weighted by molar-refractivity contribution is 5.98. The molecule has 0 saturated carbocycles. The summed E-state index contributed by atoms with van der Waals surface area (Å²) in [6, 6.07) is 7.52. The number of nitrogens with two attached hydrogens (primary N) is 1. The van der Waals surface area contributed by atoms with Gasteiger partial charge in [-0.25, -0.2) is 5.84 Å². The van der Waals surface area contributed by atoms with Crippen LogP contribution >= 0.6 is 0 Å². The molecule has 1 amide bonds. The number of fused-ring (bicyclic) bond motifs is 1. The minimum atomic E-state index is -0.434. The lowest BCUT2D eigenvalue weighted by Crippen LogP contribution is -2.30. The number of carbonyl (C=O) groups is 1. The minimum Gasteiger partial charge on any atom is -0.450 e. The topological polar surface area (TPSA) is 77.5 Å². The molecule has 0 spiro atoms. The Morgan fingerprint density at radius 1 is 1.29 bits per heavy atom. The molecule has 1 aromatic heterocycles. The van der Waals surface area contributed by atoms with Crippen LogP contribution in [-0.2, 0) is 11.3 Å². The molecule has 0 aliphatic rings. The summed E-state index contributed by atoms with van der Waals surface area (Å²) >= 11 is 0. The van der Waals surface area contributed by atoms with Gasteiger partial charge < -0.3 is 9.15 Å². The molecule has 0 aliphatic heterocycles. The fourth-order valence-corrected chi connectivity index (χ4v) is 2.30. The van der Waals surface area contributed by atoms with Crippen molar-refractivity contribution < 1.29 is 13.9 Å². The van der Waals surface area contributed by atoms with Gasteiger partial charge in [-0.2, -0.15) is 0 Å². The monoisotopic (exact) mass is 290 g/mol. The molecule has 0 saturated heterocycles. The summed E-state index contributed by atoms with van der Waals surface area (Å²) in [6.45, 7) is 3.21.